The molecule has 2 aromatic rings. The zero-order chi connectivity index (χ0) is 19.7. The third-order valence-electron chi connectivity index (χ3n) is 3.86. The van der Waals surface area contributed by atoms with Crippen molar-refractivity contribution >= 4 is 52.4 Å². The second-order valence-corrected chi connectivity index (χ2v) is 6.75. The van der Waals surface area contributed by atoms with Gasteiger partial charge in [0.25, 0.3) is 5.91 Å². The lowest BCUT2D eigenvalue weighted by atomic mass is 10.1. The molecule has 1 heterocycles. The topological polar surface area (TPSA) is 95.9 Å². The summed E-state index contributed by atoms with van der Waals surface area (Å²) in [7, 11) is 0. The van der Waals surface area contributed by atoms with Crippen molar-refractivity contribution in [1.29, 1.82) is 0 Å². The SMILES string of the molecule is CC1Oc2cc(C(=O)O)ccc2N(CC(=O)Nc2cc(Cl)cc(Cl)c2)C1=O. The van der Waals surface area contributed by atoms with Gasteiger partial charge >= 0.3 is 5.97 Å². The van der Waals surface area contributed by atoms with Crippen LogP contribution in [0.4, 0.5) is 11.4 Å². The number of benzene rings is 2. The number of nitrogens with zero attached hydrogens (tertiary/aromatic N) is 1. The lowest BCUT2D eigenvalue weighted by Gasteiger charge is -2.32. The fourth-order valence-electron chi connectivity index (χ4n) is 2.68. The van der Waals surface area contributed by atoms with Crippen LogP contribution in [0.2, 0.25) is 10.0 Å². The summed E-state index contributed by atoms with van der Waals surface area (Å²) in [6, 6.07) is 8.69. The van der Waals surface area contributed by atoms with E-state index >= 15 is 0 Å². The zero-order valence-electron chi connectivity index (χ0n) is 14.0. The molecular weight excluding hydrogens is 395 g/mol. The number of hydrogen-bond donors (Lipinski definition) is 2. The quantitative estimate of drug-likeness (QED) is 0.807. The number of carbonyl (C=O) groups excluding carboxylic acids is 2. The van der Waals surface area contributed by atoms with Gasteiger partial charge in [-0.2, -0.15) is 0 Å². The predicted molar refractivity (Wildman–Crippen MR) is 101 cm³/mol. The summed E-state index contributed by atoms with van der Waals surface area (Å²) in [5, 5.41) is 12.5. The Morgan fingerprint density at radius 1 is 1.19 bits per heavy atom. The average molecular weight is 409 g/mol. The van der Waals surface area contributed by atoms with E-state index in [0.717, 1.165) is 0 Å². The number of carboxylic acid groups (broad SMARTS) is 1. The van der Waals surface area contributed by atoms with Crippen LogP contribution in [0.15, 0.2) is 36.4 Å². The van der Waals surface area contributed by atoms with Gasteiger partial charge in [0.1, 0.15) is 12.3 Å². The maximum atomic E-state index is 12.5. The van der Waals surface area contributed by atoms with Crippen LogP contribution < -0.4 is 15.0 Å². The molecule has 0 bridgehead atoms. The minimum atomic E-state index is -1.12. The third-order valence-corrected chi connectivity index (χ3v) is 4.30. The summed E-state index contributed by atoms with van der Waals surface area (Å²) in [6.45, 7) is 1.25. The van der Waals surface area contributed by atoms with Crippen molar-refractivity contribution in [3.8, 4) is 5.75 Å². The molecule has 0 fully saturated rings. The molecule has 2 aromatic carbocycles. The molecule has 2 amide bonds. The molecule has 1 aliphatic rings. The number of nitrogens with one attached hydrogen (secondary N) is 1. The average Bonchev–Trinajstić information content (AvgIpc) is 2.57. The number of hydrogen-bond acceptors (Lipinski definition) is 4. The highest BCUT2D eigenvalue weighted by Crippen LogP contribution is 2.35. The number of anilines is 2. The summed E-state index contributed by atoms with van der Waals surface area (Å²) in [5.41, 5.74) is 0.739. The van der Waals surface area contributed by atoms with E-state index in [0.29, 0.717) is 21.4 Å². The maximum Gasteiger partial charge on any atom is 0.335 e. The Hall–Kier alpha value is -2.77. The van der Waals surface area contributed by atoms with Crippen LogP contribution in [0.1, 0.15) is 17.3 Å². The van der Waals surface area contributed by atoms with Gasteiger partial charge in [-0.05, 0) is 43.3 Å². The van der Waals surface area contributed by atoms with Crippen LogP contribution in [-0.2, 0) is 9.59 Å². The Kier molecular flexibility index (Phi) is 5.25. The monoisotopic (exact) mass is 408 g/mol. The van der Waals surface area contributed by atoms with Crippen molar-refractivity contribution in [3.63, 3.8) is 0 Å². The van der Waals surface area contributed by atoms with Gasteiger partial charge in [0, 0.05) is 15.7 Å². The Balaban J connectivity index is 1.84. The number of ether oxygens (including phenoxy) is 1. The molecule has 0 saturated carbocycles. The Morgan fingerprint density at radius 3 is 2.48 bits per heavy atom. The molecule has 1 aliphatic heterocycles. The van der Waals surface area contributed by atoms with Crippen LogP contribution in [-0.4, -0.2) is 35.5 Å². The molecule has 1 atom stereocenters. The zero-order valence-corrected chi connectivity index (χ0v) is 15.5. The minimum Gasteiger partial charge on any atom is -0.479 e. The molecular formula is C18H14Cl2N2O5. The Labute approximate surface area is 164 Å². The van der Waals surface area contributed by atoms with E-state index in [9.17, 15) is 14.4 Å². The molecule has 0 radical (unpaired) electrons. The van der Waals surface area contributed by atoms with Gasteiger partial charge in [-0.25, -0.2) is 4.79 Å². The predicted octanol–water partition coefficient (Wildman–Crippen LogP) is 3.44. The number of rotatable bonds is 4. The highest BCUT2D eigenvalue weighted by molar-refractivity contribution is 6.35. The molecule has 0 aromatic heterocycles. The van der Waals surface area contributed by atoms with Crippen LogP contribution >= 0.6 is 23.2 Å². The summed E-state index contributed by atoms with van der Waals surface area (Å²) in [6.07, 6.45) is -0.852. The van der Waals surface area contributed by atoms with Crippen LogP contribution in [0, 0.1) is 0 Å². The minimum absolute atomic E-state index is 0.0215. The van der Waals surface area contributed by atoms with Crippen molar-refractivity contribution < 1.29 is 24.2 Å². The van der Waals surface area contributed by atoms with Crippen molar-refractivity contribution in [2.45, 2.75) is 13.0 Å². The van der Waals surface area contributed by atoms with E-state index < -0.39 is 23.9 Å². The normalized spacial score (nSPS) is 15.7. The molecule has 27 heavy (non-hydrogen) atoms. The first-order valence-corrected chi connectivity index (χ1v) is 8.61. The van der Waals surface area contributed by atoms with Gasteiger partial charge in [-0.3, -0.25) is 14.5 Å². The van der Waals surface area contributed by atoms with Gasteiger partial charge < -0.3 is 15.2 Å². The van der Waals surface area contributed by atoms with Gasteiger partial charge in [0.2, 0.25) is 5.91 Å². The summed E-state index contributed by atoms with van der Waals surface area (Å²) in [4.78, 5) is 37.3. The lowest BCUT2D eigenvalue weighted by Crippen LogP contribution is -2.47. The Morgan fingerprint density at radius 2 is 1.85 bits per heavy atom. The molecule has 0 spiro atoms. The first-order valence-electron chi connectivity index (χ1n) is 7.86. The smallest absolute Gasteiger partial charge is 0.335 e. The van der Waals surface area contributed by atoms with E-state index in [-0.39, 0.29) is 17.9 Å². The van der Waals surface area contributed by atoms with Gasteiger partial charge in [0.05, 0.1) is 11.3 Å². The molecule has 0 aliphatic carbocycles. The number of fused-ring (bicyclic) bond motifs is 1. The van der Waals surface area contributed by atoms with E-state index in [1.165, 1.54) is 48.2 Å². The Bertz CT molecular complexity index is 927. The number of amides is 2. The second-order valence-electron chi connectivity index (χ2n) is 5.88. The standard InChI is InChI=1S/C18H14Cl2N2O5/c1-9-17(24)22(14-3-2-10(18(25)26)4-15(14)27-9)8-16(23)21-13-6-11(19)5-12(20)7-13/h2-7,9H,8H2,1H3,(H,21,23)(H,25,26). The third kappa shape index (κ3) is 4.15. The number of aromatic carboxylic acids is 1. The molecule has 1 unspecified atom stereocenters. The fraction of sp³-hybridized carbons (Fsp3) is 0.167. The number of carbonyl (C=O) groups is 3. The van der Waals surface area contributed by atoms with E-state index in [1.807, 2.05) is 0 Å². The number of carboxylic acids is 1. The molecule has 3 rings (SSSR count). The summed E-state index contributed by atoms with van der Waals surface area (Å²) in [5.74, 6) is -1.78. The maximum absolute atomic E-state index is 12.5. The van der Waals surface area contributed by atoms with Gasteiger partial charge in [0.15, 0.2) is 6.10 Å². The summed E-state index contributed by atoms with van der Waals surface area (Å²) >= 11 is 11.8. The first kappa shape index (κ1) is 19.0. The van der Waals surface area contributed by atoms with Crippen LogP contribution in [0.3, 0.4) is 0 Å². The molecule has 2 N–H and O–H groups in total. The molecule has 7 nitrogen and oxygen atoms in total. The van der Waals surface area contributed by atoms with E-state index in [4.69, 9.17) is 33.0 Å². The molecule has 140 valence electrons. The van der Waals surface area contributed by atoms with Crippen molar-refractivity contribution in [3.05, 3.63) is 52.0 Å². The molecule has 9 heteroatoms. The van der Waals surface area contributed by atoms with Crippen LogP contribution in [0.5, 0.6) is 5.75 Å². The number of halogens is 2. The van der Waals surface area contributed by atoms with Crippen molar-refractivity contribution in [1.82, 2.24) is 0 Å². The highest BCUT2D eigenvalue weighted by atomic mass is 35.5. The second kappa shape index (κ2) is 7.46. The fourth-order valence-corrected chi connectivity index (χ4v) is 3.20. The van der Waals surface area contributed by atoms with Gasteiger partial charge in [-0.1, -0.05) is 23.2 Å². The first-order chi connectivity index (χ1) is 12.7. The van der Waals surface area contributed by atoms with Crippen molar-refractivity contribution in [2.75, 3.05) is 16.8 Å². The highest BCUT2D eigenvalue weighted by Gasteiger charge is 2.33. The van der Waals surface area contributed by atoms with Crippen LogP contribution in [0.25, 0.3) is 0 Å². The van der Waals surface area contributed by atoms with E-state index in [2.05, 4.69) is 5.32 Å². The lowest BCUT2D eigenvalue weighted by molar-refractivity contribution is -0.127. The van der Waals surface area contributed by atoms with E-state index in [1.54, 1.807) is 0 Å². The molecule has 0 saturated heterocycles. The van der Waals surface area contributed by atoms with Gasteiger partial charge in [-0.15, -0.1) is 0 Å². The largest absolute Gasteiger partial charge is 0.479 e. The van der Waals surface area contributed by atoms with Crippen molar-refractivity contribution in [2.24, 2.45) is 0 Å². The summed E-state index contributed by atoms with van der Waals surface area (Å²) < 4.78 is 5.48.